The van der Waals surface area contributed by atoms with Crippen molar-refractivity contribution in [1.82, 2.24) is 0 Å². The molecule has 1 N–H and O–H groups in total. The number of carbonyl (C=O) groups excluding carboxylic acids is 1. The van der Waals surface area contributed by atoms with Crippen LogP contribution in [0.3, 0.4) is 0 Å². The van der Waals surface area contributed by atoms with Crippen LogP contribution in [0.15, 0.2) is 18.2 Å². The first-order valence-corrected chi connectivity index (χ1v) is 4.65. The molecule has 0 saturated heterocycles. The molecule has 0 fully saturated rings. The zero-order chi connectivity index (χ0) is 9.97. The van der Waals surface area contributed by atoms with Gasteiger partial charge in [-0.25, -0.2) is 0 Å². The van der Waals surface area contributed by atoms with Crippen LogP contribution in [0, 0.1) is 12.3 Å². The molecule has 0 aliphatic carbocycles. The number of ketones is 1. The molecule has 70 valence electrons. The monoisotopic (exact) mass is 185 g/mol. The topological polar surface area (TPSA) is 29.1 Å². The van der Waals surface area contributed by atoms with E-state index in [0.29, 0.717) is 5.56 Å². The fraction of sp³-hybridized carbons (Fsp3) is 0.250. The molecule has 1 aliphatic heterocycles. The van der Waals surface area contributed by atoms with Crippen LogP contribution in [0.1, 0.15) is 22.3 Å². The first-order chi connectivity index (χ1) is 6.81. The lowest BCUT2D eigenvalue weighted by atomic mass is 10.0. The van der Waals surface area contributed by atoms with Gasteiger partial charge in [0.25, 0.3) is 0 Å². The van der Waals surface area contributed by atoms with Gasteiger partial charge in [0, 0.05) is 17.8 Å². The highest BCUT2D eigenvalue weighted by atomic mass is 16.1. The Morgan fingerprint density at radius 3 is 3.21 bits per heavy atom. The van der Waals surface area contributed by atoms with Gasteiger partial charge in [-0.3, -0.25) is 4.79 Å². The van der Waals surface area contributed by atoms with E-state index in [4.69, 9.17) is 6.42 Å². The molecule has 0 saturated carbocycles. The molecule has 14 heavy (non-hydrogen) atoms. The number of fused-ring (bicyclic) bond motifs is 1. The smallest absolute Gasteiger partial charge is 0.174 e. The van der Waals surface area contributed by atoms with Crippen LogP contribution < -0.4 is 5.32 Å². The van der Waals surface area contributed by atoms with E-state index in [9.17, 15) is 4.79 Å². The van der Waals surface area contributed by atoms with Gasteiger partial charge in [-0.15, -0.1) is 6.42 Å². The summed E-state index contributed by atoms with van der Waals surface area (Å²) in [6.07, 6.45) is 6.31. The lowest BCUT2D eigenvalue weighted by Crippen LogP contribution is -1.98. The third-order valence-electron chi connectivity index (χ3n) is 2.40. The number of terminal acetylenes is 1. The van der Waals surface area contributed by atoms with Crippen molar-refractivity contribution >= 4 is 11.5 Å². The minimum Gasteiger partial charge on any atom is -0.384 e. The molecule has 1 heterocycles. The predicted molar refractivity (Wildman–Crippen MR) is 56.4 cm³/mol. The van der Waals surface area contributed by atoms with E-state index in [2.05, 4.69) is 11.2 Å². The van der Waals surface area contributed by atoms with Crippen molar-refractivity contribution in [2.45, 2.75) is 12.8 Å². The zero-order valence-corrected chi connectivity index (χ0v) is 7.84. The molecule has 0 spiro atoms. The van der Waals surface area contributed by atoms with Gasteiger partial charge in [0.1, 0.15) is 0 Å². The summed E-state index contributed by atoms with van der Waals surface area (Å²) in [5, 5.41) is 3.23. The summed E-state index contributed by atoms with van der Waals surface area (Å²) in [5.74, 6) is 2.38. The van der Waals surface area contributed by atoms with Gasteiger partial charge in [0.2, 0.25) is 0 Å². The van der Waals surface area contributed by atoms with Gasteiger partial charge in [0.15, 0.2) is 5.78 Å². The molecule has 1 aromatic carbocycles. The number of benzene rings is 1. The molecule has 1 aromatic rings. The summed E-state index contributed by atoms with van der Waals surface area (Å²) >= 11 is 0. The van der Waals surface area contributed by atoms with E-state index < -0.39 is 0 Å². The highest BCUT2D eigenvalue weighted by Crippen LogP contribution is 2.23. The number of hydrogen-bond donors (Lipinski definition) is 1. The van der Waals surface area contributed by atoms with Crippen molar-refractivity contribution in [1.29, 1.82) is 0 Å². The van der Waals surface area contributed by atoms with E-state index in [1.54, 1.807) is 0 Å². The predicted octanol–water partition coefficient (Wildman–Crippen LogP) is 1.86. The zero-order valence-electron chi connectivity index (χ0n) is 7.84. The maximum Gasteiger partial charge on any atom is 0.174 e. The molecule has 0 bridgehead atoms. The molecular formula is C12H11NO. The van der Waals surface area contributed by atoms with Crippen LogP contribution >= 0.6 is 0 Å². The van der Waals surface area contributed by atoms with E-state index in [1.807, 2.05) is 18.2 Å². The molecule has 0 amide bonds. The standard InChI is InChI=1S/C12H11NO/c1-2-3-12(14)10-5-4-9-6-7-13-11(9)8-10/h1,4-5,8,13H,3,6-7H2. The van der Waals surface area contributed by atoms with Crippen molar-refractivity contribution < 1.29 is 4.79 Å². The Kier molecular flexibility index (Phi) is 2.24. The maximum atomic E-state index is 11.5. The molecule has 0 unspecified atom stereocenters. The first-order valence-electron chi connectivity index (χ1n) is 4.65. The average Bonchev–Trinajstić information content (AvgIpc) is 2.64. The van der Waals surface area contributed by atoms with Crippen LogP contribution in [-0.2, 0) is 6.42 Å². The van der Waals surface area contributed by atoms with Crippen LogP contribution in [0.2, 0.25) is 0 Å². The number of Topliss-reactive ketones (excluding diaryl/α,β-unsaturated/α-hetero) is 1. The second-order valence-corrected chi connectivity index (χ2v) is 3.35. The Labute approximate surface area is 83.3 Å². The highest BCUT2D eigenvalue weighted by molar-refractivity contribution is 5.98. The Morgan fingerprint density at radius 1 is 1.57 bits per heavy atom. The second-order valence-electron chi connectivity index (χ2n) is 3.35. The van der Waals surface area contributed by atoms with Crippen molar-refractivity contribution in [2.24, 2.45) is 0 Å². The van der Waals surface area contributed by atoms with Gasteiger partial charge < -0.3 is 5.32 Å². The first kappa shape index (κ1) is 8.83. The summed E-state index contributed by atoms with van der Waals surface area (Å²) in [6, 6.07) is 5.74. The highest BCUT2D eigenvalue weighted by Gasteiger charge is 2.12. The lowest BCUT2D eigenvalue weighted by Gasteiger charge is -2.02. The molecule has 0 atom stereocenters. The minimum atomic E-state index is 0.0176. The SMILES string of the molecule is C#CCC(=O)c1ccc2c(c1)NCC2. The third kappa shape index (κ3) is 1.49. The van der Waals surface area contributed by atoms with Gasteiger partial charge in [-0.1, -0.05) is 18.1 Å². The summed E-state index contributed by atoms with van der Waals surface area (Å²) in [6.45, 7) is 0.960. The van der Waals surface area contributed by atoms with E-state index >= 15 is 0 Å². The average molecular weight is 185 g/mol. The number of anilines is 1. The number of rotatable bonds is 2. The van der Waals surface area contributed by atoms with E-state index in [-0.39, 0.29) is 12.2 Å². The maximum absolute atomic E-state index is 11.5. The summed E-state index contributed by atoms with van der Waals surface area (Å²) < 4.78 is 0. The summed E-state index contributed by atoms with van der Waals surface area (Å²) in [5.41, 5.74) is 3.06. The number of hydrogen-bond acceptors (Lipinski definition) is 2. The number of carbonyl (C=O) groups is 1. The quantitative estimate of drug-likeness (QED) is 0.563. The van der Waals surface area contributed by atoms with Crippen LogP contribution in [0.25, 0.3) is 0 Å². The van der Waals surface area contributed by atoms with Crippen molar-refractivity contribution in [3.8, 4) is 12.3 Å². The Balaban J connectivity index is 2.29. The molecule has 2 rings (SSSR count). The molecule has 0 aromatic heterocycles. The largest absolute Gasteiger partial charge is 0.384 e. The Morgan fingerprint density at radius 2 is 2.43 bits per heavy atom. The summed E-state index contributed by atoms with van der Waals surface area (Å²) in [7, 11) is 0. The molecular weight excluding hydrogens is 174 g/mol. The third-order valence-corrected chi connectivity index (χ3v) is 2.40. The Bertz CT molecular complexity index is 415. The molecule has 2 nitrogen and oxygen atoms in total. The van der Waals surface area contributed by atoms with E-state index in [1.165, 1.54) is 5.56 Å². The Hall–Kier alpha value is -1.75. The molecule has 2 heteroatoms. The lowest BCUT2D eigenvalue weighted by molar-refractivity contribution is 0.0998. The second kappa shape index (κ2) is 3.55. The molecule has 0 radical (unpaired) electrons. The van der Waals surface area contributed by atoms with Crippen LogP contribution in [-0.4, -0.2) is 12.3 Å². The summed E-state index contributed by atoms with van der Waals surface area (Å²) in [4.78, 5) is 11.5. The van der Waals surface area contributed by atoms with Gasteiger partial charge in [0.05, 0.1) is 6.42 Å². The van der Waals surface area contributed by atoms with Crippen molar-refractivity contribution in [2.75, 3.05) is 11.9 Å². The van der Waals surface area contributed by atoms with Crippen molar-refractivity contribution in [3.05, 3.63) is 29.3 Å². The normalized spacial score (nSPS) is 12.8. The number of nitrogens with one attached hydrogen (secondary N) is 1. The minimum absolute atomic E-state index is 0.0176. The molecule has 1 aliphatic rings. The van der Waals surface area contributed by atoms with Gasteiger partial charge in [-0.05, 0) is 18.1 Å². The van der Waals surface area contributed by atoms with Crippen LogP contribution in [0.4, 0.5) is 5.69 Å². The van der Waals surface area contributed by atoms with Crippen molar-refractivity contribution in [3.63, 3.8) is 0 Å². The van der Waals surface area contributed by atoms with Gasteiger partial charge >= 0.3 is 0 Å². The fourth-order valence-corrected chi connectivity index (χ4v) is 1.66. The van der Waals surface area contributed by atoms with Gasteiger partial charge in [-0.2, -0.15) is 0 Å². The fourth-order valence-electron chi connectivity index (χ4n) is 1.66. The van der Waals surface area contributed by atoms with E-state index in [0.717, 1.165) is 18.7 Å². The van der Waals surface area contributed by atoms with Crippen LogP contribution in [0.5, 0.6) is 0 Å².